The Morgan fingerprint density at radius 3 is 2.67 bits per heavy atom. The van der Waals surface area contributed by atoms with Gasteiger partial charge in [-0.3, -0.25) is 0 Å². The van der Waals surface area contributed by atoms with Crippen LogP contribution < -0.4 is 4.74 Å². The molecule has 0 aliphatic carbocycles. The monoisotopic (exact) mass is 380 g/mol. The first-order valence-electron chi connectivity index (χ1n) is 7.55. The fourth-order valence-corrected chi connectivity index (χ4v) is 3.47. The van der Waals surface area contributed by atoms with Crippen molar-refractivity contribution in [3.05, 3.63) is 43.0 Å². The van der Waals surface area contributed by atoms with Gasteiger partial charge >= 0.3 is 0 Å². The maximum atomic E-state index is 6.36. The van der Waals surface area contributed by atoms with Crippen LogP contribution in [0, 0.1) is 18.6 Å². The highest BCUT2D eigenvalue weighted by Gasteiger charge is 2.13. The minimum absolute atomic E-state index is 0.321. The summed E-state index contributed by atoms with van der Waals surface area (Å²) in [6.45, 7) is 8.45. The molecule has 3 aromatic rings. The summed E-state index contributed by atoms with van der Waals surface area (Å²) in [4.78, 5) is 0. The number of benzene rings is 1. The van der Waals surface area contributed by atoms with Crippen molar-refractivity contribution in [3.63, 3.8) is 0 Å². The summed E-state index contributed by atoms with van der Waals surface area (Å²) in [6, 6.07) is 3.64. The molecule has 1 aromatic carbocycles. The lowest BCUT2D eigenvalue weighted by Crippen LogP contribution is -1.96. The summed E-state index contributed by atoms with van der Waals surface area (Å²) in [5.41, 5.74) is 2.69. The van der Waals surface area contributed by atoms with E-state index in [0.29, 0.717) is 33.6 Å². The first-order chi connectivity index (χ1) is 11.4. The molecular formula is C17H17ClN2O2S2. The molecule has 0 saturated carbocycles. The van der Waals surface area contributed by atoms with E-state index in [1.165, 1.54) is 0 Å². The smallest absolute Gasteiger partial charge is 0.193 e. The molecule has 0 amide bonds. The van der Waals surface area contributed by atoms with E-state index in [0.717, 1.165) is 26.5 Å². The number of hydrogen-bond donors (Lipinski definition) is 0. The molecule has 0 saturated heterocycles. The van der Waals surface area contributed by atoms with Crippen molar-refractivity contribution >= 4 is 46.1 Å². The Hall–Kier alpha value is -1.50. The quantitative estimate of drug-likeness (QED) is 0.520. The van der Waals surface area contributed by atoms with Crippen LogP contribution in [0.15, 0.2) is 16.5 Å². The molecule has 0 aliphatic heterocycles. The summed E-state index contributed by atoms with van der Waals surface area (Å²) in [6.07, 6.45) is 0. The van der Waals surface area contributed by atoms with Crippen molar-refractivity contribution in [1.29, 1.82) is 0 Å². The normalized spacial score (nSPS) is 11.4. The third-order valence-corrected chi connectivity index (χ3v) is 5.72. The third-order valence-electron chi connectivity index (χ3n) is 3.84. The standard InChI is InChI=1S/C17H17ClN2O2S2/c1-8(2)16-20-19-15(24-16)7-21-14-6-13-11(5-12(14)18)9(3)10(4)17(23)22-13/h5-6,8H,7H2,1-4H3. The molecule has 2 heterocycles. The van der Waals surface area contributed by atoms with Crippen molar-refractivity contribution in [1.82, 2.24) is 10.2 Å². The van der Waals surface area contributed by atoms with E-state index in [-0.39, 0.29) is 0 Å². The zero-order valence-corrected chi connectivity index (χ0v) is 16.2. The molecule has 126 valence electrons. The van der Waals surface area contributed by atoms with Crippen LogP contribution in [0.4, 0.5) is 0 Å². The van der Waals surface area contributed by atoms with Crippen molar-refractivity contribution in [3.8, 4) is 5.75 Å². The molecule has 3 rings (SSSR count). The minimum atomic E-state index is 0.321. The number of halogens is 1. The summed E-state index contributed by atoms with van der Waals surface area (Å²) >= 11 is 13.2. The van der Waals surface area contributed by atoms with Gasteiger partial charge in [-0.15, -0.1) is 10.2 Å². The lowest BCUT2D eigenvalue weighted by Gasteiger charge is -2.10. The fourth-order valence-electron chi connectivity index (χ4n) is 2.25. The Kier molecular flexibility index (Phi) is 4.90. The van der Waals surface area contributed by atoms with Crippen molar-refractivity contribution in [2.45, 2.75) is 40.2 Å². The van der Waals surface area contributed by atoms with E-state index in [1.807, 2.05) is 19.9 Å². The molecule has 24 heavy (non-hydrogen) atoms. The highest BCUT2D eigenvalue weighted by atomic mass is 35.5. The molecule has 7 heteroatoms. The maximum Gasteiger partial charge on any atom is 0.193 e. The second-order valence-electron chi connectivity index (χ2n) is 5.90. The van der Waals surface area contributed by atoms with Gasteiger partial charge in [-0.05, 0) is 37.7 Å². The number of rotatable bonds is 4. The van der Waals surface area contributed by atoms with Gasteiger partial charge in [-0.2, -0.15) is 0 Å². The molecule has 4 nitrogen and oxygen atoms in total. The summed E-state index contributed by atoms with van der Waals surface area (Å²) in [5.74, 6) is 0.905. The summed E-state index contributed by atoms with van der Waals surface area (Å²) in [5, 5.41) is 11.6. The van der Waals surface area contributed by atoms with Gasteiger partial charge in [0, 0.05) is 22.9 Å². The Bertz CT molecular complexity index is 963. The molecular weight excluding hydrogens is 364 g/mol. The number of ether oxygens (including phenoxy) is 1. The first kappa shape index (κ1) is 17.3. The number of nitrogens with zero attached hydrogens (tertiary/aromatic N) is 2. The zero-order valence-electron chi connectivity index (χ0n) is 13.8. The van der Waals surface area contributed by atoms with Crippen molar-refractivity contribution in [2.24, 2.45) is 0 Å². The molecule has 0 aliphatic rings. The number of fused-ring (bicyclic) bond motifs is 1. The topological polar surface area (TPSA) is 48.2 Å². The molecule has 0 radical (unpaired) electrons. The van der Waals surface area contributed by atoms with E-state index in [2.05, 4.69) is 24.0 Å². The molecule has 2 aromatic heterocycles. The minimum Gasteiger partial charge on any atom is -0.485 e. The van der Waals surface area contributed by atoms with Crippen LogP contribution in [-0.2, 0) is 6.61 Å². The maximum absolute atomic E-state index is 6.36. The number of aromatic nitrogens is 2. The predicted molar refractivity (Wildman–Crippen MR) is 99.9 cm³/mol. The van der Waals surface area contributed by atoms with Crippen LogP contribution in [0.3, 0.4) is 0 Å². The summed E-state index contributed by atoms with van der Waals surface area (Å²) < 4.78 is 12.0. The fraction of sp³-hybridized carbons (Fsp3) is 0.353. The second kappa shape index (κ2) is 6.78. The lowest BCUT2D eigenvalue weighted by atomic mass is 10.1. The Labute approximate surface area is 154 Å². The number of hydrogen-bond acceptors (Lipinski definition) is 6. The molecule has 0 fully saturated rings. The van der Waals surface area contributed by atoms with Crippen LogP contribution >= 0.6 is 35.2 Å². The molecule has 0 N–H and O–H groups in total. The Balaban J connectivity index is 1.90. The van der Waals surface area contributed by atoms with Gasteiger partial charge in [0.25, 0.3) is 0 Å². The largest absolute Gasteiger partial charge is 0.485 e. The highest BCUT2D eigenvalue weighted by Crippen LogP contribution is 2.34. The van der Waals surface area contributed by atoms with Gasteiger partial charge in [0.2, 0.25) is 0 Å². The van der Waals surface area contributed by atoms with Gasteiger partial charge in [-0.25, -0.2) is 0 Å². The SMILES string of the molecule is Cc1c(C)c2cc(Cl)c(OCc3nnc(C(C)C)s3)cc2oc1=S. The Morgan fingerprint density at radius 2 is 2.00 bits per heavy atom. The highest BCUT2D eigenvalue weighted by molar-refractivity contribution is 7.71. The van der Waals surface area contributed by atoms with Crippen LogP contribution in [0.5, 0.6) is 5.75 Å². The van der Waals surface area contributed by atoms with Gasteiger partial charge < -0.3 is 9.15 Å². The van der Waals surface area contributed by atoms with Crippen molar-refractivity contribution < 1.29 is 9.15 Å². The van der Waals surface area contributed by atoms with Gasteiger partial charge in [0.15, 0.2) is 9.71 Å². The molecule has 0 atom stereocenters. The van der Waals surface area contributed by atoms with E-state index in [4.69, 9.17) is 33.0 Å². The predicted octanol–water partition coefficient (Wildman–Crippen LogP) is 5.99. The van der Waals surface area contributed by atoms with Gasteiger partial charge in [0.05, 0.1) is 5.02 Å². The van der Waals surface area contributed by atoms with Crippen LogP contribution in [0.2, 0.25) is 5.02 Å². The second-order valence-corrected chi connectivity index (χ2v) is 7.77. The van der Waals surface area contributed by atoms with Crippen molar-refractivity contribution in [2.75, 3.05) is 0 Å². The summed E-state index contributed by atoms with van der Waals surface area (Å²) in [7, 11) is 0. The van der Waals surface area contributed by atoms with E-state index in [9.17, 15) is 0 Å². The molecule has 0 bridgehead atoms. The average molecular weight is 381 g/mol. The molecule has 0 spiro atoms. The van der Waals surface area contributed by atoms with Crippen LogP contribution in [-0.4, -0.2) is 10.2 Å². The zero-order chi connectivity index (χ0) is 17.4. The van der Waals surface area contributed by atoms with Gasteiger partial charge in [0.1, 0.15) is 22.9 Å². The first-order valence-corrected chi connectivity index (χ1v) is 9.15. The van der Waals surface area contributed by atoms with E-state index in [1.54, 1.807) is 17.4 Å². The Morgan fingerprint density at radius 1 is 1.25 bits per heavy atom. The van der Waals surface area contributed by atoms with E-state index >= 15 is 0 Å². The average Bonchev–Trinajstić information content (AvgIpc) is 3.01. The number of aryl methyl sites for hydroxylation is 1. The molecule has 0 unspecified atom stereocenters. The van der Waals surface area contributed by atoms with Crippen LogP contribution in [0.1, 0.15) is 40.9 Å². The van der Waals surface area contributed by atoms with E-state index < -0.39 is 0 Å². The van der Waals surface area contributed by atoms with Gasteiger partial charge in [-0.1, -0.05) is 36.8 Å². The third kappa shape index (κ3) is 3.31. The lowest BCUT2D eigenvalue weighted by molar-refractivity contribution is 0.304. The van der Waals surface area contributed by atoms with Crippen LogP contribution in [0.25, 0.3) is 11.0 Å².